The Labute approximate surface area is 343 Å². The van der Waals surface area contributed by atoms with Crippen molar-refractivity contribution in [3.05, 3.63) is 88.9 Å². The molecular weight excluding hydrogens is 751 g/mol. The van der Waals surface area contributed by atoms with E-state index in [0.29, 0.717) is 66.4 Å². The summed E-state index contributed by atoms with van der Waals surface area (Å²) in [6.45, 7) is 11.3. The average Bonchev–Trinajstić information content (AvgIpc) is 3.69. The standard InChI is InChI=1S/C43H51N11O5/c1-26-5-12-35(40(56)46-26)54-41(57)33-11-6-27(20-34(33)42(54)58)22-50-23-32(24-50)51-16-13-29(14-17-51)28-7-9-30(10-8-28)47-39-37(38(44)55)45-21-36(48-39)52-15-3-4-31(25-52)53-19-18-49(2)43(53)59/h6-11,20-21,29,31-32,35H,1,3-5,12-19,22-25H2,2H3,(H2,44,55)(H,46,56)(H,47,48)/t31-,35?/m1/s1. The highest BCUT2D eigenvalue weighted by Gasteiger charge is 2.44. The van der Waals surface area contributed by atoms with Crippen molar-refractivity contribution in [3.63, 3.8) is 0 Å². The third-order valence-electron chi connectivity index (χ3n) is 13.1. The van der Waals surface area contributed by atoms with Crippen molar-refractivity contribution in [1.82, 2.24) is 39.8 Å². The van der Waals surface area contributed by atoms with Crippen molar-refractivity contribution in [2.75, 3.05) is 69.6 Å². The van der Waals surface area contributed by atoms with Gasteiger partial charge < -0.3 is 31.1 Å². The summed E-state index contributed by atoms with van der Waals surface area (Å²) in [5, 5.41) is 5.98. The van der Waals surface area contributed by atoms with E-state index in [-0.39, 0.29) is 23.7 Å². The van der Waals surface area contributed by atoms with E-state index >= 15 is 0 Å². The van der Waals surface area contributed by atoms with E-state index in [4.69, 9.17) is 10.7 Å². The molecule has 5 fully saturated rings. The maximum atomic E-state index is 13.3. The maximum absolute atomic E-state index is 13.3. The number of nitrogens with zero attached hydrogens (tertiary/aromatic N) is 8. The number of rotatable bonds is 10. The molecule has 0 spiro atoms. The smallest absolute Gasteiger partial charge is 0.320 e. The Morgan fingerprint density at radius 1 is 0.898 bits per heavy atom. The summed E-state index contributed by atoms with van der Waals surface area (Å²) in [5.41, 5.74) is 10.2. The van der Waals surface area contributed by atoms with Crippen LogP contribution in [-0.2, 0) is 11.3 Å². The monoisotopic (exact) mass is 801 g/mol. The van der Waals surface area contributed by atoms with Crippen LogP contribution in [0.1, 0.15) is 86.8 Å². The highest BCUT2D eigenvalue weighted by Crippen LogP contribution is 2.34. The molecule has 7 heterocycles. The molecule has 3 aromatic rings. The molecule has 0 aliphatic carbocycles. The first kappa shape index (κ1) is 38.6. The lowest BCUT2D eigenvalue weighted by atomic mass is 9.88. The van der Waals surface area contributed by atoms with Crippen molar-refractivity contribution in [2.24, 2.45) is 5.73 Å². The van der Waals surface area contributed by atoms with Gasteiger partial charge in [-0.05, 0) is 92.9 Å². The minimum absolute atomic E-state index is 0.0633. The van der Waals surface area contributed by atoms with Crippen LogP contribution in [0.5, 0.6) is 0 Å². The van der Waals surface area contributed by atoms with Crippen LogP contribution in [-0.4, -0.2) is 142 Å². The van der Waals surface area contributed by atoms with Crippen LogP contribution in [0, 0.1) is 0 Å². The summed E-state index contributed by atoms with van der Waals surface area (Å²) < 4.78 is 0. The first-order chi connectivity index (χ1) is 28.5. The molecule has 0 radical (unpaired) electrons. The largest absolute Gasteiger partial charge is 0.364 e. The third kappa shape index (κ3) is 7.50. The number of benzene rings is 2. The molecule has 2 aromatic carbocycles. The summed E-state index contributed by atoms with van der Waals surface area (Å²) in [6.07, 6.45) is 6.49. The molecule has 9 rings (SSSR count). The second kappa shape index (κ2) is 15.7. The van der Waals surface area contributed by atoms with Crippen LogP contribution in [0.3, 0.4) is 0 Å². The number of likely N-dealkylation sites (tertiary alicyclic amines) is 2. The average molecular weight is 802 g/mol. The summed E-state index contributed by atoms with van der Waals surface area (Å²) in [5.74, 6) is -0.428. The van der Waals surface area contributed by atoms with Crippen LogP contribution in [0.2, 0.25) is 0 Å². The fourth-order valence-electron chi connectivity index (χ4n) is 9.65. The number of carbonyl (C=O) groups excluding carboxylic acids is 5. The van der Waals surface area contributed by atoms with Crippen LogP contribution in [0.25, 0.3) is 0 Å². The van der Waals surface area contributed by atoms with E-state index in [2.05, 4.69) is 49.0 Å². The normalized spacial score (nSPS) is 23.5. The number of hydrogen-bond acceptors (Lipinski definition) is 11. The van der Waals surface area contributed by atoms with Gasteiger partial charge in [0.1, 0.15) is 11.9 Å². The van der Waals surface area contributed by atoms with E-state index in [1.54, 1.807) is 17.2 Å². The highest BCUT2D eigenvalue weighted by molar-refractivity contribution is 6.23. The van der Waals surface area contributed by atoms with E-state index < -0.39 is 23.8 Å². The van der Waals surface area contributed by atoms with Gasteiger partial charge in [0.15, 0.2) is 11.5 Å². The van der Waals surface area contributed by atoms with E-state index in [9.17, 15) is 24.0 Å². The van der Waals surface area contributed by atoms with Crippen LogP contribution >= 0.6 is 0 Å². The number of likely N-dealkylation sites (N-methyl/N-ethyl adjacent to an activating group) is 1. The Morgan fingerprint density at radius 3 is 2.37 bits per heavy atom. The first-order valence-corrected chi connectivity index (χ1v) is 20.8. The number of allylic oxidation sites excluding steroid dienone is 1. The molecule has 59 heavy (non-hydrogen) atoms. The van der Waals surface area contributed by atoms with Gasteiger partial charge in [0.25, 0.3) is 17.7 Å². The van der Waals surface area contributed by atoms with Gasteiger partial charge in [-0.1, -0.05) is 24.8 Å². The van der Waals surface area contributed by atoms with Crippen molar-refractivity contribution in [3.8, 4) is 0 Å². The number of hydrogen-bond donors (Lipinski definition) is 3. The Bertz CT molecular complexity index is 2200. The molecule has 0 bridgehead atoms. The second-order valence-electron chi connectivity index (χ2n) is 16.8. The number of anilines is 3. The molecule has 4 N–H and O–H groups in total. The number of piperidine rings is 3. The quantitative estimate of drug-likeness (QED) is 0.257. The molecule has 0 saturated carbocycles. The van der Waals surface area contributed by atoms with Crippen LogP contribution < -0.4 is 21.3 Å². The lowest BCUT2D eigenvalue weighted by Crippen LogP contribution is -2.60. The molecule has 16 nitrogen and oxygen atoms in total. The second-order valence-corrected chi connectivity index (χ2v) is 16.8. The van der Waals surface area contributed by atoms with E-state index in [0.717, 1.165) is 87.6 Å². The topological polar surface area (TPSA) is 181 Å². The molecule has 308 valence electrons. The molecule has 6 aliphatic rings. The van der Waals surface area contributed by atoms with Gasteiger partial charge in [-0.15, -0.1) is 0 Å². The summed E-state index contributed by atoms with van der Waals surface area (Å²) in [6, 6.07) is 13.6. The number of nitrogens with two attached hydrogens (primary N) is 1. The molecular formula is C43H51N11O5. The Morgan fingerprint density at radius 2 is 1.66 bits per heavy atom. The zero-order valence-electron chi connectivity index (χ0n) is 33.4. The number of amides is 6. The predicted octanol–water partition coefficient (Wildman–Crippen LogP) is 3.11. The van der Waals surface area contributed by atoms with E-state index in [1.807, 2.05) is 36.2 Å². The molecule has 1 unspecified atom stereocenters. The SMILES string of the molecule is C=C1CCC(N2C(=O)c3ccc(CN4CC(N5CCC(c6ccc(Nc7nc(N8CCC[C@@H](N9CCN(C)C9=O)C8)cnc7C(N)=O)cc6)CC5)C4)cc3C2=O)C(=O)N1. The Balaban J connectivity index is 0.761. The number of primary amides is 1. The molecule has 6 aliphatic heterocycles. The molecule has 2 atom stereocenters. The molecule has 1 aromatic heterocycles. The van der Waals surface area contributed by atoms with Gasteiger partial charge in [0.2, 0.25) is 5.91 Å². The van der Waals surface area contributed by atoms with E-state index in [1.165, 1.54) is 5.56 Å². The lowest BCUT2D eigenvalue weighted by Gasteiger charge is -2.48. The Hall–Kier alpha value is -5.87. The van der Waals surface area contributed by atoms with Gasteiger partial charge >= 0.3 is 6.03 Å². The minimum atomic E-state index is -0.812. The number of nitrogens with one attached hydrogen (secondary N) is 2. The van der Waals surface area contributed by atoms with Crippen molar-refractivity contribution in [1.29, 1.82) is 0 Å². The van der Waals surface area contributed by atoms with Crippen molar-refractivity contribution >= 4 is 47.0 Å². The highest BCUT2D eigenvalue weighted by atomic mass is 16.2. The number of aromatic nitrogens is 2. The number of fused-ring (bicyclic) bond motifs is 1. The van der Waals surface area contributed by atoms with Gasteiger partial charge in [0, 0.05) is 70.3 Å². The van der Waals surface area contributed by atoms with Crippen molar-refractivity contribution < 1.29 is 24.0 Å². The first-order valence-electron chi connectivity index (χ1n) is 20.8. The minimum Gasteiger partial charge on any atom is -0.364 e. The van der Waals surface area contributed by atoms with Gasteiger partial charge in [-0.3, -0.25) is 33.9 Å². The fourth-order valence-corrected chi connectivity index (χ4v) is 9.65. The summed E-state index contributed by atoms with van der Waals surface area (Å²) in [7, 11) is 1.83. The predicted molar refractivity (Wildman–Crippen MR) is 220 cm³/mol. The van der Waals surface area contributed by atoms with Crippen LogP contribution in [0.4, 0.5) is 22.1 Å². The molecule has 6 amide bonds. The zero-order valence-corrected chi connectivity index (χ0v) is 33.4. The van der Waals surface area contributed by atoms with Crippen molar-refractivity contribution in [2.45, 2.75) is 69.1 Å². The lowest BCUT2D eigenvalue weighted by molar-refractivity contribution is -0.125. The molecule has 16 heteroatoms. The van der Waals surface area contributed by atoms with Gasteiger partial charge in [-0.25, -0.2) is 14.8 Å². The summed E-state index contributed by atoms with van der Waals surface area (Å²) in [4.78, 5) is 85.2. The third-order valence-corrected chi connectivity index (χ3v) is 13.1. The maximum Gasteiger partial charge on any atom is 0.320 e. The van der Waals surface area contributed by atoms with Crippen LogP contribution in [0.15, 0.2) is 60.9 Å². The van der Waals surface area contributed by atoms with Gasteiger partial charge in [0.05, 0.1) is 23.4 Å². The number of imide groups is 1. The number of urea groups is 1. The molecule has 5 saturated heterocycles. The Kier molecular flexibility index (Phi) is 10.3. The summed E-state index contributed by atoms with van der Waals surface area (Å²) >= 11 is 0. The number of carbonyl (C=O) groups is 5. The fraction of sp³-hybridized carbons (Fsp3) is 0.465. The van der Waals surface area contributed by atoms with Gasteiger partial charge in [-0.2, -0.15) is 0 Å². The zero-order chi connectivity index (χ0) is 40.9.